The lowest BCUT2D eigenvalue weighted by Gasteiger charge is -2.21. The van der Waals surface area contributed by atoms with E-state index >= 15 is 0 Å². The van der Waals surface area contributed by atoms with Crippen molar-refractivity contribution < 1.29 is 0 Å². The Hall–Kier alpha value is -0.870. The van der Waals surface area contributed by atoms with Gasteiger partial charge in [-0.15, -0.1) is 0 Å². The molecule has 0 aliphatic heterocycles. The zero-order chi connectivity index (χ0) is 12.5. The third-order valence-corrected chi connectivity index (χ3v) is 4.75. The minimum Gasteiger partial charge on any atom is -0.379 e. The van der Waals surface area contributed by atoms with E-state index in [2.05, 4.69) is 21.0 Å². The lowest BCUT2D eigenvalue weighted by molar-refractivity contribution is 0.489. The van der Waals surface area contributed by atoms with Crippen molar-refractivity contribution in [3.8, 4) is 0 Å². The summed E-state index contributed by atoms with van der Waals surface area (Å²) in [5, 5.41) is 4.36. The third kappa shape index (κ3) is 2.08. The SMILES string of the molecule is CCC1CCCC1Nc1c(Cl)ccc2nsnc12. The van der Waals surface area contributed by atoms with Gasteiger partial charge < -0.3 is 5.32 Å². The Kier molecular flexibility index (Phi) is 3.39. The number of hydrogen-bond donors (Lipinski definition) is 1. The van der Waals surface area contributed by atoms with Crippen LogP contribution in [0.1, 0.15) is 32.6 Å². The van der Waals surface area contributed by atoms with Crippen molar-refractivity contribution in [1.29, 1.82) is 0 Å². The summed E-state index contributed by atoms with van der Waals surface area (Å²) in [5.74, 6) is 0.753. The molecule has 1 saturated carbocycles. The number of fused-ring (bicyclic) bond motifs is 1. The van der Waals surface area contributed by atoms with Crippen LogP contribution < -0.4 is 5.32 Å². The Labute approximate surface area is 116 Å². The van der Waals surface area contributed by atoms with Gasteiger partial charge in [0.15, 0.2) is 0 Å². The van der Waals surface area contributed by atoms with Gasteiger partial charge in [-0.3, -0.25) is 0 Å². The fourth-order valence-corrected chi connectivity index (χ4v) is 3.61. The molecule has 0 radical (unpaired) electrons. The summed E-state index contributed by atoms with van der Waals surface area (Å²) in [4.78, 5) is 0. The lowest BCUT2D eigenvalue weighted by Crippen LogP contribution is -2.23. The van der Waals surface area contributed by atoms with E-state index in [-0.39, 0.29) is 0 Å². The molecule has 3 nitrogen and oxygen atoms in total. The lowest BCUT2D eigenvalue weighted by atomic mass is 10.0. The van der Waals surface area contributed by atoms with Gasteiger partial charge in [-0.2, -0.15) is 8.75 Å². The quantitative estimate of drug-likeness (QED) is 0.910. The normalized spacial score (nSPS) is 23.7. The van der Waals surface area contributed by atoms with Gasteiger partial charge in [0.05, 0.1) is 22.4 Å². The standard InChI is InChI=1S/C13H16ClN3S/c1-2-8-4-3-5-10(8)15-12-9(14)6-7-11-13(12)17-18-16-11/h6-8,10,15H,2-5H2,1H3. The maximum absolute atomic E-state index is 6.30. The molecule has 2 unspecified atom stereocenters. The third-order valence-electron chi connectivity index (χ3n) is 3.89. The zero-order valence-corrected chi connectivity index (χ0v) is 11.9. The van der Waals surface area contributed by atoms with Crippen LogP contribution in [-0.4, -0.2) is 14.8 Å². The number of benzene rings is 1. The molecule has 1 aromatic carbocycles. The van der Waals surface area contributed by atoms with Gasteiger partial charge in [0.1, 0.15) is 11.0 Å². The molecule has 0 amide bonds. The summed E-state index contributed by atoms with van der Waals surface area (Å²) in [7, 11) is 0. The van der Waals surface area contributed by atoms with Crippen LogP contribution in [0.5, 0.6) is 0 Å². The molecular formula is C13H16ClN3S. The van der Waals surface area contributed by atoms with Crippen LogP contribution in [-0.2, 0) is 0 Å². The van der Waals surface area contributed by atoms with E-state index < -0.39 is 0 Å². The number of rotatable bonds is 3. The molecule has 1 aliphatic rings. The van der Waals surface area contributed by atoms with Crippen LogP contribution in [0.25, 0.3) is 11.0 Å². The Bertz CT molecular complexity index is 554. The minimum atomic E-state index is 0.528. The molecule has 96 valence electrons. The van der Waals surface area contributed by atoms with E-state index in [1.54, 1.807) is 0 Å². The number of aromatic nitrogens is 2. The summed E-state index contributed by atoms with van der Waals surface area (Å²) in [6.45, 7) is 2.26. The maximum atomic E-state index is 6.30. The molecule has 0 spiro atoms. The minimum absolute atomic E-state index is 0.528. The topological polar surface area (TPSA) is 37.8 Å². The first kappa shape index (κ1) is 12.2. The molecule has 1 heterocycles. The van der Waals surface area contributed by atoms with Crippen molar-refractivity contribution in [2.45, 2.75) is 38.6 Å². The van der Waals surface area contributed by atoms with E-state index in [0.29, 0.717) is 6.04 Å². The van der Waals surface area contributed by atoms with Crippen molar-refractivity contribution in [3.05, 3.63) is 17.2 Å². The molecule has 2 aromatic rings. The molecule has 1 fully saturated rings. The summed E-state index contributed by atoms with van der Waals surface area (Å²) >= 11 is 7.55. The smallest absolute Gasteiger partial charge is 0.129 e. The maximum Gasteiger partial charge on any atom is 0.129 e. The molecule has 18 heavy (non-hydrogen) atoms. The monoisotopic (exact) mass is 281 g/mol. The van der Waals surface area contributed by atoms with Crippen molar-refractivity contribution in [3.63, 3.8) is 0 Å². The van der Waals surface area contributed by atoms with Crippen LogP contribution in [0.2, 0.25) is 5.02 Å². The predicted molar refractivity (Wildman–Crippen MR) is 77.5 cm³/mol. The highest BCUT2D eigenvalue weighted by Gasteiger charge is 2.26. The van der Waals surface area contributed by atoms with Gasteiger partial charge >= 0.3 is 0 Å². The van der Waals surface area contributed by atoms with Crippen LogP contribution in [0.3, 0.4) is 0 Å². The summed E-state index contributed by atoms with van der Waals surface area (Å²) in [6, 6.07) is 4.36. The molecule has 5 heteroatoms. The fourth-order valence-electron chi connectivity index (χ4n) is 2.87. The number of hydrogen-bond acceptors (Lipinski definition) is 4. The highest BCUT2D eigenvalue weighted by molar-refractivity contribution is 7.00. The van der Waals surface area contributed by atoms with Gasteiger partial charge in [-0.05, 0) is 30.9 Å². The van der Waals surface area contributed by atoms with E-state index in [4.69, 9.17) is 11.6 Å². The molecule has 0 bridgehead atoms. The first-order valence-electron chi connectivity index (χ1n) is 6.47. The molecule has 3 rings (SSSR count). The molecule has 1 aromatic heterocycles. The van der Waals surface area contributed by atoms with Gasteiger partial charge in [-0.1, -0.05) is 31.4 Å². The number of nitrogens with one attached hydrogen (secondary N) is 1. The summed E-state index contributed by atoms with van der Waals surface area (Å²) in [6.07, 6.45) is 5.07. The molecule has 1 N–H and O–H groups in total. The molecular weight excluding hydrogens is 266 g/mol. The van der Waals surface area contributed by atoms with Gasteiger partial charge in [-0.25, -0.2) is 0 Å². The van der Waals surface area contributed by atoms with Crippen molar-refractivity contribution in [1.82, 2.24) is 8.75 Å². The second kappa shape index (κ2) is 5.02. The van der Waals surface area contributed by atoms with E-state index in [0.717, 1.165) is 27.7 Å². The number of nitrogens with zero attached hydrogens (tertiary/aromatic N) is 2. The van der Waals surface area contributed by atoms with Crippen LogP contribution in [0, 0.1) is 5.92 Å². The Morgan fingerprint density at radius 2 is 2.28 bits per heavy atom. The van der Waals surface area contributed by atoms with Crippen molar-refractivity contribution >= 4 is 40.0 Å². The summed E-state index contributed by atoms with van der Waals surface area (Å²) < 4.78 is 8.62. The van der Waals surface area contributed by atoms with Crippen LogP contribution in [0.15, 0.2) is 12.1 Å². The highest BCUT2D eigenvalue weighted by atomic mass is 35.5. The predicted octanol–water partition coefficient (Wildman–Crippen LogP) is 4.34. The first-order valence-corrected chi connectivity index (χ1v) is 7.57. The van der Waals surface area contributed by atoms with Crippen molar-refractivity contribution in [2.75, 3.05) is 5.32 Å². The number of halogens is 1. The van der Waals surface area contributed by atoms with Crippen molar-refractivity contribution in [2.24, 2.45) is 5.92 Å². The molecule has 0 saturated heterocycles. The zero-order valence-electron chi connectivity index (χ0n) is 10.3. The molecule has 1 aliphatic carbocycles. The number of anilines is 1. The average molecular weight is 282 g/mol. The van der Waals surface area contributed by atoms with Crippen LogP contribution >= 0.6 is 23.3 Å². The van der Waals surface area contributed by atoms with Gasteiger partial charge in [0, 0.05) is 6.04 Å². The van der Waals surface area contributed by atoms with E-state index in [1.165, 1.54) is 37.4 Å². The van der Waals surface area contributed by atoms with Gasteiger partial charge in [0.25, 0.3) is 0 Å². The Morgan fingerprint density at radius 3 is 3.11 bits per heavy atom. The first-order chi connectivity index (χ1) is 8.79. The van der Waals surface area contributed by atoms with E-state index in [1.807, 2.05) is 12.1 Å². The highest BCUT2D eigenvalue weighted by Crippen LogP contribution is 2.35. The Morgan fingerprint density at radius 1 is 1.39 bits per heavy atom. The average Bonchev–Trinajstić information content (AvgIpc) is 3.01. The second-order valence-electron chi connectivity index (χ2n) is 4.90. The second-order valence-corrected chi connectivity index (χ2v) is 5.84. The largest absolute Gasteiger partial charge is 0.379 e. The van der Waals surface area contributed by atoms with Crippen LogP contribution in [0.4, 0.5) is 5.69 Å². The van der Waals surface area contributed by atoms with Gasteiger partial charge in [0.2, 0.25) is 0 Å². The summed E-state index contributed by atoms with van der Waals surface area (Å²) in [5.41, 5.74) is 2.81. The van der Waals surface area contributed by atoms with E-state index in [9.17, 15) is 0 Å². The fraction of sp³-hybridized carbons (Fsp3) is 0.538. The Balaban J connectivity index is 1.94. The molecule has 2 atom stereocenters.